The minimum atomic E-state index is 1.07. The first-order chi connectivity index (χ1) is 24.6. The SMILES string of the molecule is C[N+]1=CC2=CC1=C(c1ccccc1)c1ccc([nH]1)[C+](c1ccccc1)C1=CC(=C(c3ccccc3)c3ccc([nH]3)[C+]2c2ccccc2)[N+](C)=C1. The maximum absolute atomic E-state index is 3.91. The van der Waals surface area contributed by atoms with E-state index in [2.05, 4.69) is 203 Å². The number of hydrogen-bond donors (Lipinski definition) is 2. The van der Waals surface area contributed by atoms with Gasteiger partial charge in [0.2, 0.25) is 23.8 Å². The Bertz CT molecular complexity index is 2240. The van der Waals surface area contributed by atoms with Crippen molar-refractivity contribution in [1.82, 2.24) is 9.97 Å². The number of fused-ring (bicyclic) bond motifs is 6. The van der Waals surface area contributed by atoms with Gasteiger partial charge in [-0.2, -0.15) is 9.15 Å². The molecule has 0 spiro atoms. The number of aromatic amines is 2. The van der Waals surface area contributed by atoms with Crippen LogP contribution >= 0.6 is 0 Å². The molecular weight excluding hydrogens is 609 g/mol. The molecule has 0 radical (unpaired) electrons. The van der Waals surface area contributed by atoms with Crippen LogP contribution in [0.2, 0.25) is 0 Å². The second-order valence-electron chi connectivity index (χ2n) is 13.0. The monoisotopic (exact) mass is 644 g/mol. The molecule has 236 valence electrons. The summed E-state index contributed by atoms with van der Waals surface area (Å²) in [6, 6.07) is 51.8. The van der Waals surface area contributed by atoms with E-state index < -0.39 is 0 Å². The van der Waals surface area contributed by atoms with Gasteiger partial charge in [-0.25, -0.2) is 0 Å². The van der Waals surface area contributed by atoms with Crippen molar-refractivity contribution in [2.24, 2.45) is 0 Å². The fourth-order valence-electron chi connectivity index (χ4n) is 7.53. The molecule has 4 aromatic carbocycles. The zero-order valence-corrected chi connectivity index (χ0v) is 28.1. The third-order valence-corrected chi connectivity index (χ3v) is 9.80. The maximum atomic E-state index is 3.91. The molecule has 0 fully saturated rings. The zero-order valence-electron chi connectivity index (χ0n) is 28.1. The lowest BCUT2D eigenvalue weighted by Crippen LogP contribution is -2.10. The van der Waals surface area contributed by atoms with Crippen LogP contribution in [-0.2, 0) is 0 Å². The molecule has 0 amide bonds. The minimum Gasteiger partial charge on any atom is -0.343 e. The van der Waals surface area contributed by atoms with Gasteiger partial charge in [-0.15, -0.1) is 0 Å². The zero-order chi connectivity index (χ0) is 33.6. The molecule has 0 unspecified atom stereocenters. The van der Waals surface area contributed by atoms with E-state index in [1.165, 1.54) is 0 Å². The molecular formula is C46H36N4+4. The van der Waals surface area contributed by atoms with Crippen molar-refractivity contribution >= 4 is 23.6 Å². The van der Waals surface area contributed by atoms with E-state index in [1.807, 2.05) is 0 Å². The Morgan fingerprint density at radius 2 is 0.780 bits per heavy atom. The summed E-state index contributed by atoms with van der Waals surface area (Å²) >= 11 is 0. The van der Waals surface area contributed by atoms with E-state index in [4.69, 9.17) is 0 Å². The predicted molar refractivity (Wildman–Crippen MR) is 203 cm³/mol. The highest BCUT2D eigenvalue weighted by Crippen LogP contribution is 2.40. The maximum Gasteiger partial charge on any atom is 0.249 e. The third-order valence-electron chi connectivity index (χ3n) is 9.80. The van der Waals surface area contributed by atoms with E-state index in [-0.39, 0.29) is 0 Å². The van der Waals surface area contributed by atoms with E-state index >= 15 is 0 Å². The Labute approximate surface area is 293 Å². The summed E-state index contributed by atoms with van der Waals surface area (Å²) in [4.78, 5) is 7.81. The van der Waals surface area contributed by atoms with E-state index in [9.17, 15) is 0 Å². The van der Waals surface area contributed by atoms with Crippen LogP contribution in [0.15, 0.2) is 180 Å². The number of benzene rings is 4. The summed E-state index contributed by atoms with van der Waals surface area (Å²) in [5.41, 5.74) is 15.8. The first-order valence-corrected chi connectivity index (χ1v) is 17.1. The van der Waals surface area contributed by atoms with Gasteiger partial charge in [-0.1, -0.05) is 60.7 Å². The normalized spacial score (nSPS) is 15.6. The molecule has 6 aromatic rings. The molecule has 0 saturated carbocycles. The molecule has 0 aliphatic carbocycles. The summed E-state index contributed by atoms with van der Waals surface area (Å²) in [5, 5.41) is 0. The first kappa shape index (κ1) is 29.6. The predicted octanol–water partition coefficient (Wildman–Crippen LogP) is 8.82. The van der Waals surface area contributed by atoms with Crippen LogP contribution in [0.3, 0.4) is 0 Å². The van der Waals surface area contributed by atoms with Crippen LogP contribution in [0.4, 0.5) is 0 Å². The highest BCUT2D eigenvalue weighted by molar-refractivity contribution is 5.94. The van der Waals surface area contributed by atoms with Crippen molar-refractivity contribution in [1.29, 1.82) is 0 Å². The Morgan fingerprint density at radius 1 is 0.420 bits per heavy atom. The summed E-state index contributed by atoms with van der Waals surface area (Å²) in [6.45, 7) is 0. The van der Waals surface area contributed by atoms with Crippen molar-refractivity contribution < 1.29 is 9.15 Å². The molecule has 2 N–H and O–H groups in total. The second kappa shape index (κ2) is 12.2. The van der Waals surface area contributed by atoms with Gasteiger partial charge in [-0.3, -0.25) is 0 Å². The molecule has 5 heterocycles. The number of allylic oxidation sites excluding steroid dienone is 4. The molecule has 50 heavy (non-hydrogen) atoms. The number of likely N-dealkylation sites (N-methyl/N-ethyl adjacent to an activating group) is 2. The fraction of sp³-hybridized carbons (Fsp3) is 0.0435. The summed E-state index contributed by atoms with van der Waals surface area (Å²) in [7, 11) is 4.30. The molecule has 3 aliphatic heterocycles. The Hall–Kier alpha value is -6.52. The number of aromatic nitrogens is 2. The second-order valence-corrected chi connectivity index (χ2v) is 13.0. The minimum absolute atomic E-state index is 1.07. The van der Waals surface area contributed by atoms with Gasteiger partial charge in [0, 0.05) is 12.1 Å². The number of nitrogens with zero attached hydrogens (tertiary/aromatic N) is 2. The van der Waals surface area contributed by atoms with Gasteiger partial charge in [-0.05, 0) is 83.9 Å². The Kier molecular flexibility index (Phi) is 7.21. The number of nitrogens with one attached hydrogen (secondary N) is 2. The van der Waals surface area contributed by atoms with Crippen molar-refractivity contribution in [2.45, 2.75) is 0 Å². The number of H-pyrrole nitrogens is 2. The Morgan fingerprint density at radius 3 is 1.16 bits per heavy atom. The van der Waals surface area contributed by atoms with Crippen LogP contribution in [0.1, 0.15) is 45.0 Å². The van der Waals surface area contributed by atoms with Gasteiger partial charge in [0.15, 0.2) is 0 Å². The van der Waals surface area contributed by atoms with Gasteiger partial charge in [0.05, 0.1) is 57.6 Å². The third kappa shape index (κ3) is 5.10. The van der Waals surface area contributed by atoms with Crippen LogP contribution in [0.5, 0.6) is 0 Å². The van der Waals surface area contributed by atoms with Crippen molar-refractivity contribution in [3.63, 3.8) is 0 Å². The summed E-state index contributed by atoms with van der Waals surface area (Å²) < 4.78 is 4.52. The lowest BCUT2D eigenvalue weighted by atomic mass is 9.88. The van der Waals surface area contributed by atoms with E-state index in [1.54, 1.807) is 0 Å². The summed E-state index contributed by atoms with van der Waals surface area (Å²) in [5.74, 6) is 2.31. The van der Waals surface area contributed by atoms with Gasteiger partial charge < -0.3 is 9.97 Å². The van der Waals surface area contributed by atoms with Crippen LogP contribution in [0, 0.1) is 11.8 Å². The molecule has 3 aliphatic rings. The highest BCUT2D eigenvalue weighted by Gasteiger charge is 2.39. The molecule has 2 aromatic heterocycles. The Balaban J connectivity index is 1.37. The highest BCUT2D eigenvalue weighted by atomic mass is 15.0. The summed E-state index contributed by atoms with van der Waals surface area (Å²) in [6.07, 6.45) is 9.19. The van der Waals surface area contributed by atoms with Crippen molar-refractivity contribution in [2.75, 3.05) is 14.1 Å². The van der Waals surface area contributed by atoms with E-state index in [0.717, 1.165) is 90.6 Å². The molecule has 0 saturated heterocycles. The average Bonchev–Trinajstić information content (AvgIpc) is 3.97. The standard InChI is InChI=1S/C46H34N4/c1-49-29-35-27-41(49)45(33-19-11-5-12-20-33)39-25-23-38(47-39)44(32-17-9-4-10-18-32)36-28-42(50(2)30-36)46(34-21-13-6-14-22-34)40-26-24-37(48-40)43(35)31-15-7-3-8-16-31/h3-30H,1-2H3/q+2/p+2. The smallest absolute Gasteiger partial charge is 0.249 e. The van der Waals surface area contributed by atoms with Crippen LogP contribution < -0.4 is 0 Å². The quantitative estimate of drug-likeness (QED) is 0.142. The van der Waals surface area contributed by atoms with Gasteiger partial charge in [0.25, 0.3) is 0 Å². The molecule has 4 heteroatoms. The number of hydrogen-bond acceptors (Lipinski definition) is 0. The lowest BCUT2D eigenvalue weighted by Gasteiger charge is -2.11. The topological polar surface area (TPSA) is 37.6 Å². The first-order valence-electron chi connectivity index (χ1n) is 17.1. The van der Waals surface area contributed by atoms with Gasteiger partial charge >= 0.3 is 0 Å². The molecule has 8 bridgehead atoms. The largest absolute Gasteiger partial charge is 0.343 e. The lowest BCUT2D eigenvalue weighted by molar-refractivity contribution is -0.428. The number of rotatable bonds is 4. The molecule has 0 atom stereocenters. The van der Waals surface area contributed by atoms with Gasteiger partial charge in [0.1, 0.15) is 36.6 Å². The van der Waals surface area contributed by atoms with Crippen molar-refractivity contribution in [3.05, 3.63) is 237 Å². The van der Waals surface area contributed by atoms with Crippen LogP contribution in [0.25, 0.3) is 11.1 Å². The molecule has 9 rings (SSSR count). The fourth-order valence-corrected chi connectivity index (χ4v) is 7.53. The average molecular weight is 645 g/mol. The van der Waals surface area contributed by atoms with Crippen LogP contribution in [-0.4, -0.2) is 45.6 Å². The molecule has 4 nitrogen and oxygen atoms in total. The van der Waals surface area contributed by atoms with Crippen molar-refractivity contribution in [3.8, 4) is 0 Å². The van der Waals surface area contributed by atoms with E-state index in [0.29, 0.717) is 0 Å².